The van der Waals surface area contributed by atoms with E-state index in [0.29, 0.717) is 30.9 Å². The van der Waals surface area contributed by atoms with Gasteiger partial charge in [-0.05, 0) is 38.7 Å². The van der Waals surface area contributed by atoms with Gasteiger partial charge in [-0.3, -0.25) is 4.79 Å². The summed E-state index contributed by atoms with van der Waals surface area (Å²) in [5.74, 6) is 0.622. The SMILES string of the molecule is Cc1cc(OC2CN(C(=O)NC3CCCCC3)C2)cc(=O)n1C1CC1. The molecule has 0 bridgehead atoms. The minimum Gasteiger partial charge on any atom is -0.486 e. The lowest BCUT2D eigenvalue weighted by Crippen LogP contribution is -2.60. The molecule has 0 atom stereocenters. The van der Waals surface area contributed by atoms with Crippen LogP contribution < -0.4 is 15.6 Å². The summed E-state index contributed by atoms with van der Waals surface area (Å²) in [5.41, 5.74) is 0.972. The second-order valence-corrected chi connectivity index (χ2v) is 7.70. The van der Waals surface area contributed by atoms with Crippen molar-refractivity contribution in [3.8, 4) is 5.75 Å². The number of aromatic nitrogens is 1. The second-order valence-electron chi connectivity index (χ2n) is 7.70. The number of pyridine rings is 1. The van der Waals surface area contributed by atoms with E-state index in [-0.39, 0.29) is 17.7 Å². The van der Waals surface area contributed by atoms with Crippen molar-refractivity contribution >= 4 is 6.03 Å². The second kappa shape index (κ2) is 6.73. The molecule has 0 spiro atoms. The first-order valence-electron chi connectivity index (χ1n) is 9.55. The third-order valence-electron chi connectivity index (χ3n) is 5.52. The number of carbonyl (C=O) groups excluding carboxylic acids is 1. The van der Waals surface area contributed by atoms with Crippen LogP contribution in [0.5, 0.6) is 5.75 Å². The van der Waals surface area contributed by atoms with Crippen LogP contribution in [0, 0.1) is 6.92 Å². The molecule has 2 heterocycles. The fourth-order valence-corrected chi connectivity index (χ4v) is 3.93. The Morgan fingerprint density at radius 2 is 1.84 bits per heavy atom. The lowest BCUT2D eigenvalue weighted by atomic mass is 9.95. The molecule has 1 aromatic heterocycles. The van der Waals surface area contributed by atoms with Gasteiger partial charge in [0, 0.05) is 23.8 Å². The van der Waals surface area contributed by atoms with Crippen LogP contribution in [0.15, 0.2) is 16.9 Å². The number of hydrogen-bond donors (Lipinski definition) is 1. The Morgan fingerprint density at radius 1 is 1.12 bits per heavy atom. The van der Waals surface area contributed by atoms with E-state index in [4.69, 9.17) is 4.74 Å². The van der Waals surface area contributed by atoms with E-state index in [9.17, 15) is 9.59 Å². The molecule has 2 amide bonds. The van der Waals surface area contributed by atoms with Crippen LogP contribution in [0.25, 0.3) is 0 Å². The van der Waals surface area contributed by atoms with Crippen LogP contribution in [0.4, 0.5) is 4.79 Å². The van der Waals surface area contributed by atoms with Crippen LogP contribution in [0.3, 0.4) is 0 Å². The minimum absolute atomic E-state index is 0.0173. The van der Waals surface area contributed by atoms with E-state index in [1.165, 1.54) is 19.3 Å². The van der Waals surface area contributed by atoms with Crippen molar-refractivity contribution in [3.05, 3.63) is 28.2 Å². The molecule has 2 aliphatic carbocycles. The molecular formula is C19H27N3O3. The van der Waals surface area contributed by atoms with Gasteiger partial charge in [0.05, 0.1) is 13.1 Å². The zero-order valence-electron chi connectivity index (χ0n) is 14.9. The normalized spacial score (nSPS) is 21.7. The fraction of sp³-hybridized carbons (Fsp3) is 0.684. The maximum atomic E-state index is 12.2. The van der Waals surface area contributed by atoms with Gasteiger partial charge in [-0.2, -0.15) is 0 Å². The summed E-state index contributed by atoms with van der Waals surface area (Å²) in [4.78, 5) is 26.3. The van der Waals surface area contributed by atoms with Crippen LogP contribution in [-0.2, 0) is 0 Å². The largest absolute Gasteiger partial charge is 0.486 e. The Kier molecular flexibility index (Phi) is 4.44. The molecular weight excluding hydrogens is 318 g/mol. The van der Waals surface area contributed by atoms with Crippen molar-refractivity contribution < 1.29 is 9.53 Å². The molecule has 6 nitrogen and oxygen atoms in total. The van der Waals surface area contributed by atoms with Gasteiger partial charge in [0.15, 0.2) is 0 Å². The van der Waals surface area contributed by atoms with Gasteiger partial charge >= 0.3 is 6.03 Å². The maximum Gasteiger partial charge on any atom is 0.317 e. The first kappa shape index (κ1) is 16.5. The molecule has 0 aromatic carbocycles. The first-order chi connectivity index (χ1) is 12.1. The molecule has 0 unspecified atom stereocenters. The molecule has 1 N–H and O–H groups in total. The molecule has 136 valence electrons. The first-order valence-corrected chi connectivity index (χ1v) is 9.55. The van der Waals surface area contributed by atoms with Gasteiger partial charge in [-0.25, -0.2) is 4.79 Å². The van der Waals surface area contributed by atoms with Crippen molar-refractivity contribution in [1.29, 1.82) is 0 Å². The summed E-state index contributed by atoms with van der Waals surface area (Å²) >= 11 is 0. The number of hydrogen-bond acceptors (Lipinski definition) is 3. The Morgan fingerprint density at radius 3 is 2.48 bits per heavy atom. The fourth-order valence-electron chi connectivity index (χ4n) is 3.93. The number of aryl methyl sites for hydroxylation is 1. The summed E-state index contributed by atoms with van der Waals surface area (Å²) in [7, 11) is 0. The van der Waals surface area contributed by atoms with Crippen LogP contribution >= 0.6 is 0 Å². The molecule has 2 saturated carbocycles. The van der Waals surface area contributed by atoms with Crippen molar-refractivity contribution in [2.45, 2.75) is 70.1 Å². The van der Waals surface area contributed by atoms with E-state index in [0.717, 1.165) is 31.4 Å². The summed E-state index contributed by atoms with van der Waals surface area (Å²) in [6, 6.07) is 4.25. The molecule has 6 heteroatoms. The molecule has 3 aliphatic rings. The predicted molar refractivity (Wildman–Crippen MR) is 95.1 cm³/mol. The predicted octanol–water partition coefficient (Wildman–Crippen LogP) is 2.60. The van der Waals surface area contributed by atoms with Gasteiger partial charge in [0.25, 0.3) is 5.56 Å². The van der Waals surface area contributed by atoms with E-state index in [2.05, 4.69) is 5.32 Å². The average Bonchev–Trinajstić information content (AvgIpc) is 3.35. The van der Waals surface area contributed by atoms with Gasteiger partial charge in [-0.1, -0.05) is 19.3 Å². The van der Waals surface area contributed by atoms with Gasteiger partial charge in [0.2, 0.25) is 0 Å². The van der Waals surface area contributed by atoms with Crippen molar-refractivity contribution in [2.75, 3.05) is 13.1 Å². The highest BCUT2D eigenvalue weighted by molar-refractivity contribution is 5.75. The molecule has 1 saturated heterocycles. The third kappa shape index (κ3) is 3.67. The Hall–Kier alpha value is -1.98. The lowest BCUT2D eigenvalue weighted by Gasteiger charge is -2.40. The topological polar surface area (TPSA) is 63.6 Å². The summed E-state index contributed by atoms with van der Waals surface area (Å²) in [6.45, 7) is 3.13. The molecule has 3 fully saturated rings. The number of carbonyl (C=O) groups is 1. The lowest BCUT2D eigenvalue weighted by molar-refractivity contribution is 0.0427. The quantitative estimate of drug-likeness (QED) is 0.912. The van der Waals surface area contributed by atoms with Crippen LogP contribution in [0.1, 0.15) is 56.7 Å². The number of nitrogens with one attached hydrogen (secondary N) is 1. The van der Waals surface area contributed by atoms with Crippen molar-refractivity contribution in [3.63, 3.8) is 0 Å². The highest BCUT2D eigenvalue weighted by Gasteiger charge is 2.34. The van der Waals surface area contributed by atoms with E-state index < -0.39 is 0 Å². The summed E-state index contributed by atoms with van der Waals surface area (Å²) < 4.78 is 7.76. The Bertz CT molecular complexity index is 698. The smallest absolute Gasteiger partial charge is 0.317 e. The van der Waals surface area contributed by atoms with Gasteiger partial charge < -0.3 is 19.5 Å². The van der Waals surface area contributed by atoms with E-state index in [1.807, 2.05) is 17.6 Å². The molecule has 0 radical (unpaired) electrons. The average molecular weight is 345 g/mol. The molecule has 1 aromatic rings. The highest BCUT2D eigenvalue weighted by atomic mass is 16.5. The minimum atomic E-state index is -0.0207. The number of nitrogens with zero attached hydrogens (tertiary/aromatic N) is 2. The molecule has 25 heavy (non-hydrogen) atoms. The standard InChI is InChI=1S/C19H27N3O3/c1-13-9-16(10-18(23)22(13)15-7-8-15)25-17-11-21(12-17)19(24)20-14-5-3-2-4-6-14/h9-10,14-15,17H,2-8,11-12H2,1H3,(H,20,24). The van der Waals surface area contributed by atoms with Crippen molar-refractivity contribution in [1.82, 2.24) is 14.8 Å². The number of urea groups is 1. The monoisotopic (exact) mass is 345 g/mol. The molecule has 1 aliphatic heterocycles. The van der Waals surface area contributed by atoms with E-state index in [1.54, 1.807) is 11.0 Å². The highest BCUT2D eigenvalue weighted by Crippen LogP contribution is 2.35. The summed E-state index contributed by atoms with van der Waals surface area (Å²) in [6.07, 6.45) is 8.05. The number of amides is 2. The zero-order chi connectivity index (χ0) is 17.4. The van der Waals surface area contributed by atoms with Gasteiger partial charge in [-0.15, -0.1) is 0 Å². The third-order valence-corrected chi connectivity index (χ3v) is 5.52. The van der Waals surface area contributed by atoms with Crippen molar-refractivity contribution in [2.24, 2.45) is 0 Å². The van der Waals surface area contributed by atoms with Crippen LogP contribution in [-0.4, -0.2) is 40.7 Å². The maximum absolute atomic E-state index is 12.2. The number of likely N-dealkylation sites (tertiary alicyclic amines) is 1. The summed E-state index contributed by atoms with van der Waals surface area (Å²) in [5, 5.41) is 3.13. The van der Waals surface area contributed by atoms with Crippen LogP contribution in [0.2, 0.25) is 0 Å². The number of rotatable bonds is 4. The molecule has 4 rings (SSSR count). The Balaban J connectivity index is 1.28. The van der Waals surface area contributed by atoms with E-state index >= 15 is 0 Å². The Labute approximate surface area is 148 Å². The van der Waals surface area contributed by atoms with Gasteiger partial charge in [0.1, 0.15) is 11.9 Å². The zero-order valence-corrected chi connectivity index (χ0v) is 14.9. The number of ether oxygens (including phenoxy) is 1.